The summed E-state index contributed by atoms with van der Waals surface area (Å²) < 4.78 is 17.7. The lowest BCUT2D eigenvalue weighted by molar-refractivity contribution is 0.0300. The first-order chi connectivity index (χ1) is 18.3. The smallest absolute Gasteiger partial charge is 0.318 e. The van der Waals surface area contributed by atoms with E-state index in [4.69, 9.17) is 14.2 Å². The van der Waals surface area contributed by atoms with Crippen molar-refractivity contribution in [1.82, 2.24) is 0 Å². The van der Waals surface area contributed by atoms with Crippen LogP contribution in [0.15, 0.2) is 11.7 Å². The fourth-order valence-electron chi connectivity index (χ4n) is 4.96. The molecule has 3 heteroatoms. The lowest BCUT2D eigenvalue weighted by Gasteiger charge is -2.15. The summed E-state index contributed by atoms with van der Waals surface area (Å²) in [5.74, 6) is 1.52. The summed E-state index contributed by atoms with van der Waals surface area (Å²) in [6, 6.07) is 0. The number of methoxy groups -OCH3 is 1. The number of rotatable bonds is 31. The second-order valence-corrected chi connectivity index (χ2v) is 11.1. The minimum atomic E-state index is 0.615. The average molecular weight is 525 g/mol. The molecule has 0 aromatic heterocycles. The third-order valence-corrected chi connectivity index (χ3v) is 7.40. The molecule has 3 nitrogen and oxygen atoms in total. The Kier molecular flexibility index (Phi) is 30.6. The van der Waals surface area contributed by atoms with Crippen LogP contribution in [-0.4, -0.2) is 20.3 Å². The normalized spacial score (nSPS) is 12.0. The third-order valence-electron chi connectivity index (χ3n) is 7.40. The van der Waals surface area contributed by atoms with Gasteiger partial charge in [0, 0.05) is 6.42 Å². The molecule has 0 N–H and O–H groups in total. The zero-order valence-corrected chi connectivity index (χ0v) is 26.0. The Bertz CT molecular complexity index is 460. The molecule has 0 aliphatic heterocycles. The molecule has 0 aromatic carbocycles. The Balaban J connectivity index is 3.77. The molecule has 0 bridgehead atoms. The fraction of sp³-hybridized carbons (Fsp3) is 0.941. The van der Waals surface area contributed by atoms with Crippen LogP contribution in [0.1, 0.15) is 188 Å². The van der Waals surface area contributed by atoms with E-state index >= 15 is 0 Å². The summed E-state index contributed by atoms with van der Waals surface area (Å²) in [5, 5.41) is 0. The number of hydrogen-bond donors (Lipinski definition) is 0. The fourth-order valence-corrected chi connectivity index (χ4v) is 4.96. The zero-order valence-electron chi connectivity index (χ0n) is 26.0. The van der Waals surface area contributed by atoms with Crippen molar-refractivity contribution in [3.63, 3.8) is 0 Å². The van der Waals surface area contributed by atoms with Gasteiger partial charge in [-0.1, -0.05) is 162 Å². The second kappa shape index (κ2) is 31.4. The van der Waals surface area contributed by atoms with Crippen LogP contribution in [0.2, 0.25) is 0 Å². The quantitative estimate of drug-likeness (QED) is 0.0666. The highest BCUT2D eigenvalue weighted by Crippen LogP contribution is 2.18. The Hall–Kier alpha value is -0.860. The topological polar surface area (TPSA) is 27.7 Å². The molecule has 0 heterocycles. The summed E-state index contributed by atoms with van der Waals surface area (Å²) in [4.78, 5) is 0. The molecule has 0 aliphatic carbocycles. The minimum absolute atomic E-state index is 0.615. The molecule has 0 amide bonds. The summed E-state index contributed by atoms with van der Waals surface area (Å²) in [5.41, 5.74) is 0. The Morgan fingerprint density at radius 2 is 0.703 bits per heavy atom. The molecule has 0 unspecified atom stereocenters. The first-order valence-corrected chi connectivity index (χ1v) is 16.8. The van der Waals surface area contributed by atoms with Gasteiger partial charge in [-0.05, 0) is 19.3 Å². The van der Waals surface area contributed by atoms with Gasteiger partial charge in [0.1, 0.15) is 0 Å². The van der Waals surface area contributed by atoms with Crippen LogP contribution in [0.5, 0.6) is 0 Å². The first kappa shape index (κ1) is 36.1. The van der Waals surface area contributed by atoms with Gasteiger partial charge in [0.2, 0.25) is 0 Å². The Morgan fingerprint density at radius 1 is 0.378 bits per heavy atom. The predicted octanol–water partition coefficient (Wildman–Crippen LogP) is 12.0. The lowest BCUT2D eigenvalue weighted by Crippen LogP contribution is -2.06. The first-order valence-electron chi connectivity index (χ1n) is 16.8. The van der Waals surface area contributed by atoms with Gasteiger partial charge >= 0.3 is 5.95 Å². The highest BCUT2D eigenvalue weighted by atomic mass is 16.7. The van der Waals surface area contributed by atoms with Crippen molar-refractivity contribution in [3.05, 3.63) is 11.7 Å². The highest BCUT2D eigenvalue weighted by Gasteiger charge is 2.10. The molecule has 0 spiro atoms. The van der Waals surface area contributed by atoms with Crippen LogP contribution in [0.3, 0.4) is 0 Å². The summed E-state index contributed by atoms with van der Waals surface area (Å²) >= 11 is 0. The second-order valence-electron chi connectivity index (χ2n) is 11.1. The summed E-state index contributed by atoms with van der Waals surface area (Å²) in [6.45, 7) is 8.27. The molecule has 0 fully saturated rings. The van der Waals surface area contributed by atoms with E-state index in [-0.39, 0.29) is 0 Å². The zero-order chi connectivity index (χ0) is 27.1. The van der Waals surface area contributed by atoms with Crippen molar-refractivity contribution in [2.45, 2.75) is 188 Å². The monoisotopic (exact) mass is 525 g/mol. The van der Waals surface area contributed by atoms with Gasteiger partial charge in [-0.2, -0.15) is 0 Å². The molecular weight excluding hydrogens is 456 g/mol. The molecule has 0 aliphatic rings. The highest BCUT2D eigenvalue weighted by molar-refractivity contribution is 4.95. The largest absolute Gasteiger partial charge is 0.491 e. The van der Waals surface area contributed by atoms with Crippen molar-refractivity contribution in [1.29, 1.82) is 0 Å². The van der Waals surface area contributed by atoms with Crippen LogP contribution in [0.25, 0.3) is 0 Å². The maximum atomic E-state index is 6.12. The molecule has 0 aromatic rings. The van der Waals surface area contributed by atoms with Gasteiger partial charge in [-0.3, -0.25) is 0 Å². The van der Waals surface area contributed by atoms with Crippen LogP contribution in [-0.2, 0) is 14.2 Å². The van der Waals surface area contributed by atoms with E-state index in [1.807, 2.05) is 0 Å². The third kappa shape index (κ3) is 26.5. The van der Waals surface area contributed by atoms with Crippen LogP contribution in [0.4, 0.5) is 0 Å². The molecule has 0 radical (unpaired) electrons. The molecule has 0 saturated heterocycles. The van der Waals surface area contributed by atoms with Gasteiger partial charge < -0.3 is 14.2 Å². The standard InChI is InChI=1S/C34H68O3/c1-5-8-10-12-14-16-18-20-22-24-26-28-31-36-33(30-7-3)34(35-4)37-32-29-27-25-23-21-19-17-15-13-11-9-6-2/h5-32H2,1-4H3. The number of unbranched alkanes of at least 4 members (excludes halogenated alkanes) is 22. The molecule has 222 valence electrons. The van der Waals surface area contributed by atoms with Crippen molar-refractivity contribution in [3.8, 4) is 0 Å². The van der Waals surface area contributed by atoms with Gasteiger partial charge in [0.15, 0.2) is 5.76 Å². The Labute approximate surface area is 233 Å². The molecule has 0 atom stereocenters. The predicted molar refractivity (Wildman–Crippen MR) is 163 cm³/mol. The van der Waals surface area contributed by atoms with E-state index in [2.05, 4.69) is 20.8 Å². The lowest BCUT2D eigenvalue weighted by atomic mass is 10.1. The van der Waals surface area contributed by atoms with Crippen molar-refractivity contribution in [2.24, 2.45) is 0 Å². The molecule has 0 rings (SSSR count). The van der Waals surface area contributed by atoms with E-state index < -0.39 is 0 Å². The van der Waals surface area contributed by atoms with E-state index in [1.165, 1.54) is 141 Å². The van der Waals surface area contributed by atoms with Crippen LogP contribution >= 0.6 is 0 Å². The average Bonchev–Trinajstić information content (AvgIpc) is 2.91. The number of allylic oxidation sites excluding steroid dienone is 1. The van der Waals surface area contributed by atoms with Crippen LogP contribution in [0, 0.1) is 0 Å². The molecule has 0 saturated carbocycles. The van der Waals surface area contributed by atoms with Gasteiger partial charge in [-0.25, -0.2) is 0 Å². The van der Waals surface area contributed by atoms with E-state index in [0.717, 1.165) is 44.7 Å². The maximum absolute atomic E-state index is 6.12. The summed E-state index contributed by atoms with van der Waals surface area (Å²) in [6.07, 6.45) is 34.6. The minimum Gasteiger partial charge on any atom is -0.491 e. The van der Waals surface area contributed by atoms with Crippen molar-refractivity contribution < 1.29 is 14.2 Å². The van der Waals surface area contributed by atoms with E-state index in [1.54, 1.807) is 7.11 Å². The summed E-state index contributed by atoms with van der Waals surface area (Å²) in [7, 11) is 1.71. The van der Waals surface area contributed by atoms with Crippen LogP contribution < -0.4 is 0 Å². The SMILES string of the molecule is CCCCCCCCCCCCCCOC(CCC)=C(OC)OCCCCCCCCCCCCCC. The number of ether oxygens (including phenoxy) is 3. The Morgan fingerprint density at radius 3 is 1.03 bits per heavy atom. The molecular formula is C34H68O3. The molecule has 37 heavy (non-hydrogen) atoms. The maximum Gasteiger partial charge on any atom is 0.318 e. The van der Waals surface area contributed by atoms with E-state index in [9.17, 15) is 0 Å². The van der Waals surface area contributed by atoms with Gasteiger partial charge in [0.05, 0.1) is 20.3 Å². The van der Waals surface area contributed by atoms with Crippen molar-refractivity contribution >= 4 is 0 Å². The van der Waals surface area contributed by atoms with Gasteiger partial charge in [-0.15, -0.1) is 0 Å². The number of hydrogen-bond acceptors (Lipinski definition) is 3. The van der Waals surface area contributed by atoms with E-state index in [0.29, 0.717) is 5.95 Å². The van der Waals surface area contributed by atoms with Crippen molar-refractivity contribution in [2.75, 3.05) is 20.3 Å². The van der Waals surface area contributed by atoms with Gasteiger partial charge in [0.25, 0.3) is 0 Å².